The molecule has 4 rings (SSSR count). The Morgan fingerprint density at radius 1 is 1.05 bits per heavy atom. The van der Waals surface area contributed by atoms with Crippen LogP contribution in [0.1, 0.15) is 37.0 Å². The van der Waals surface area contributed by atoms with Gasteiger partial charge < -0.3 is 33.5 Å². The summed E-state index contributed by atoms with van der Waals surface area (Å²) in [5.41, 5.74) is -1.74. The van der Waals surface area contributed by atoms with Crippen LogP contribution < -0.4 is 0 Å². The highest BCUT2D eigenvalue weighted by Gasteiger charge is 2.47. The van der Waals surface area contributed by atoms with Gasteiger partial charge in [-0.25, -0.2) is 37.2 Å². The molecule has 0 bridgehead atoms. The molecule has 0 radical (unpaired) electrons. The van der Waals surface area contributed by atoms with E-state index in [1.54, 1.807) is 25.2 Å². The summed E-state index contributed by atoms with van der Waals surface area (Å²) in [6.45, 7) is 2.27. The number of carbonyl (C=O) groups excluding carboxylic acids is 3. The highest BCUT2D eigenvalue weighted by Crippen LogP contribution is 2.42. The van der Waals surface area contributed by atoms with Gasteiger partial charge in [0.1, 0.15) is 36.7 Å². The zero-order chi connectivity index (χ0) is 40.7. The topological polar surface area (TPSA) is 198 Å². The van der Waals surface area contributed by atoms with Crippen LogP contribution in [0.25, 0.3) is 6.08 Å². The lowest BCUT2D eigenvalue weighted by Gasteiger charge is -2.40. The van der Waals surface area contributed by atoms with Gasteiger partial charge in [-0.15, -0.1) is 11.8 Å². The molecule has 1 aromatic heterocycles. The van der Waals surface area contributed by atoms with Crippen molar-refractivity contribution in [3.63, 3.8) is 0 Å². The second-order valence-electron chi connectivity index (χ2n) is 11.8. The number of aromatic nitrogens is 3. The SMILES string of the molecule is CC(OC(=O)C=CC(=O)OCCC(=O)O)OC(=O)OC(Cn1cncn1)(c1ccc(F)cc1F)C(C)SC1COC(C=CC=Cc2ccc(C#N)cc2F)OC1. The Hall–Kier alpha value is -5.97. The molecule has 1 saturated heterocycles. The van der Waals surface area contributed by atoms with E-state index in [1.165, 1.54) is 47.3 Å². The summed E-state index contributed by atoms with van der Waals surface area (Å²) >= 11 is 1.20. The number of carboxylic acids is 1. The fourth-order valence-electron chi connectivity index (χ4n) is 5.08. The number of allylic oxidation sites excluding steroid dienone is 2. The van der Waals surface area contributed by atoms with Gasteiger partial charge in [-0.1, -0.05) is 24.3 Å². The second-order valence-corrected chi connectivity index (χ2v) is 13.4. The van der Waals surface area contributed by atoms with E-state index in [-0.39, 0.29) is 36.4 Å². The van der Waals surface area contributed by atoms with E-state index in [0.717, 1.165) is 25.1 Å². The number of carbonyl (C=O) groups is 4. The molecule has 0 aliphatic carbocycles. The Balaban J connectivity index is 1.45. The van der Waals surface area contributed by atoms with E-state index in [0.29, 0.717) is 18.2 Å². The Morgan fingerprint density at radius 3 is 2.46 bits per heavy atom. The number of ether oxygens (including phenoxy) is 6. The van der Waals surface area contributed by atoms with Gasteiger partial charge in [0.15, 0.2) is 11.9 Å². The number of esters is 2. The summed E-state index contributed by atoms with van der Waals surface area (Å²) in [4.78, 5) is 51.7. The molecule has 3 aromatic rings. The third kappa shape index (κ3) is 12.8. The first kappa shape index (κ1) is 42.8. The molecule has 296 valence electrons. The second kappa shape index (κ2) is 20.6. The molecular weight excluding hydrogens is 765 g/mol. The van der Waals surface area contributed by atoms with Crippen LogP contribution in [-0.2, 0) is 55.0 Å². The van der Waals surface area contributed by atoms with Crippen LogP contribution >= 0.6 is 11.8 Å². The number of hydrogen-bond donors (Lipinski definition) is 1. The molecule has 2 aromatic carbocycles. The fourth-order valence-corrected chi connectivity index (χ4v) is 6.44. The minimum Gasteiger partial charge on any atom is -0.481 e. The van der Waals surface area contributed by atoms with Crippen molar-refractivity contribution < 1.29 is 65.9 Å². The molecule has 2 heterocycles. The minimum absolute atomic E-state index is 0.126. The van der Waals surface area contributed by atoms with E-state index < -0.39 is 83.2 Å². The molecule has 15 nitrogen and oxygen atoms in total. The Bertz CT molecular complexity index is 1980. The number of thioether (sulfide) groups is 1. The molecule has 1 aliphatic rings. The van der Waals surface area contributed by atoms with Crippen LogP contribution in [0.15, 0.2) is 79.4 Å². The van der Waals surface area contributed by atoms with Crippen molar-refractivity contribution in [2.75, 3.05) is 19.8 Å². The average molecular weight is 801 g/mol. The van der Waals surface area contributed by atoms with E-state index in [1.807, 2.05) is 6.07 Å². The maximum atomic E-state index is 15.7. The summed E-state index contributed by atoms with van der Waals surface area (Å²) in [7, 11) is 0. The molecule has 1 N–H and O–H groups in total. The minimum atomic E-state index is -1.97. The molecule has 0 spiro atoms. The predicted octanol–water partition coefficient (Wildman–Crippen LogP) is 5.21. The number of carboxylic acid groups (broad SMARTS) is 1. The first-order valence-electron chi connectivity index (χ1n) is 16.7. The quantitative estimate of drug-likeness (QED) is 0.0613. The van der Waals surface area contributed by atoms with E-state index in [9.17, 15) is 28.0 Å². The Labute approximate surface area is 322 Å². The standard InChI is InChI=1S/C37H35F3N4O11S/c1-23(56-28-18-51-35(52-19-28)6-4-3-5-26-8-7-25(17-41)15-30(26)39)37(20-44-22-42-21-43-44,29-10-9-27(38)16-31(29)40)55-36(49)54-24(2)53-34(48)12-11-33(47)50-14-13-32(45)46/h3-12,15-16,21-24,28,35H,13-14,18-20H2,1-2H3,(H,45,46). The maximum absolute atomic E-state index is 15.7. The summed E-state index contributed by atoms with van der Waals surface area (Å²) < 4.78 is 77.5. The summed E-state index contributed by atoms with van der Waals surface area (Å²) in [5, 5.41) is 20.3. The van der Waals surface area contributed by atoms with Crippen LogP contribution in [0, 0.1) is 28.8 Å². The molecular formula is C37H35F3N4O11S. The summed E-state index contributed by atoms with van der Waals surface area (Å²) in [6.07, 6.45) is 5.91. The van der Waals surface area contributed by atoms with Crippen molar-refractivity contribution in [1.82, 2.24) is 14.8 Å². The van der Waals surface area contributed by atoms with Gasteiger partial charge >= 0.3 is 24.1 Å². The first-order valence-corrected chi connectivity index (χ1v) is 17.6. The van der Waals surface area contributed by atoms with Crippen molar-refractivity contribution in [3.8, 4) is 6.07 Å². The lowest BCUT2D eigenvalue weighted by atomic mass is 9.89. The van der Waals surface area contributed by atoms with E-state index in [2.05, 4.69) is 14.8 Å². The molecule has 56 heavy (non-hydrogen) atoms. The van der Waals surface area contributed by atoms with Crippen molar-refractivity contribution in [1.29, 1.82) is 5.26 Å². The van der Waals surface area contributed by atoms with Gasteiger partial charge in [0.05, 0.1) is 43.1 Å². The van der Waals surface area contributed by atoms with Crippen molar-refractivity contribution >= 4 is 41.9 Å². The van der Waals surface area contributed by atoms with Gasteiger partial charge in [-0.2, -0.15) is 10.4 Å². The van der Waals surface area contributed by atoms with E-state index >= 15 is 4.39 Å². The number of benzene rings is 2. The molecule has 3 unspecified atom stereocenters. The lowest BCUT2D eigenvalue weighted by Crippen LogP contribution is -2.47. The third-order valence-corrected chi connectivity index (χ3v) is 9.15. The Morgan fingerprint density at radius 2 is 1.80 bits per heavy atom. The maximum Gasteiger partial charge on any atom is 0.512 e. The molecule has 0 saturated carbocycles. The normalized spacial score (nSPS) is 17.9. The highest BCUT2D eigenvalue weighted by atomic mass is 32.2. The van der Waals surface area contributed by atoms with Gasteiger partial charge in [0.2, 0.25) is 6.29 Å². The largest absolute Gasteiger partial charge is 0.512 e. The Kier molecular flexibility index (Phi) is 15.8. The zero-order valence-electron chi connectivity index (χ0n) is 29.8. The van der Waals surface area contributed by atoms with Crippen molar-refractivity contribution in [2.24, 2.45) is 0 Å². The van der Waals surface area contributed by atoms with Crippen molar-refractivity contribution in [2.45, 2.75) is 55.5 Å². The number of halogens is 3. The van der Waals surface area contributed by atoms with Gasteiger partial charge in [0.25, 0.3) is 0 Å². The van der Waals surface area contributed by atoms with Gasteiger partial charge in [-0.3, -0.25) is 4.79 Å². The number of rotatable bonds is 17. The van der Waals surface area contributed by atoms with Gasteiger partial charge in [-0.05, 0) is 37.3 Å². The average Bonchev–Trinajstić information content (AvgIpc) is 3.66. The summed E-state index contributed by atoms with van der Waals surface area (Å²) in [5.74, 6) is -5.85. The lowest BCUT2D eigenvalue weighted by molar-refractivity contribution is -0.166. The monoisotopic (exact) mass is 800 g/mol. The number of aliphatic carboxylic acids is 1. The van der Waals surface area contributed by atoms with Crippen LogP contribution in [0.5, 0.6) is 0 Å². The molecule has 1 fully saturated rings. The number of nitrogens with zero attached hydrogens (tertiary/aromatic N) is 4. The van der Waals surface area contributed by atoms with Crippen molar-refractivity contribution in [3.05, 3.63) is 114 Å². The molecule has 1 aliphatic heterocycles. The first-order chi connectivity index (χ1) is 26.8. The van der Waals surface area contributed by atoms with Gasteiger partial charge in [0, 0.05) is 41.5 Å². The third-order valence-electron chi connectivity index (χ3n) is 7.71. The molecule has 0 amide bonds. The molecule has 19 heteroatoms. The number of hydrogen-bond acceptors (Lipinski definition) is 14. The van der Waals surface area contributed by atoms with Crippen LogP contribution in [0.2, 0.25) is 0 Å². The highest BCUT2D eigenvalue weighted by molar-refractivity contribution is 8.00. The number of nitriles is 1. The van der Waals surface area contributed by atoms with Crippen LogP contribution in [0.3, 0.4) is 0 Å². The fraction of sp³-hybridized carbons (Fsp3) is 0.324. The predicted molar refractivity (Wildman–Crippen MR) is 189 cm³/mol. The van der Waals surface area contributed by atoms with Crippen LogP contribution in [-0.4, -0.2) is 86.8 Å². The summed E-state index contributed by atoms with van der Waals surface area (Å²) in [6, 6.07) is 8.69. The smallest absolute Gasteiger partial charge is 0.481 e. The zero-order valence-corrected chi connectivity index (χ0v) is 30.6. The van der Waals surface area contributed by atoms with E-state index in [4.69, 9.17) is 34.1 Å². The van der Waals surface area contributed by atoms with Crippen LogP contribution in [0.4, 0.5) is 18.0 Å². The molecule has 3 atom stereocenters.